The molecule has 1 aromatic rings. The first-order chi connectivity index (χ1) is 9.70. The van der Waals surface area contributed by atoms with Gasteiger partial charge in [0.15, 0.2) is 0 Å². The van der Waals surface area contributed by atoms with Crippen LogP contribution in [0.2, 0.25) is 0 Å². The number of carbonyl (C=O) groups is 1. The highest BCUT2D eigenvalue weighted by atomic mass is 16.5. The van der Waals surface area contributed by atoms with Crippen LogP contribution in [0.5, 0.6) is 5.75 Å². The Balaban J connectivity index is 2.00. The molecule has 1 fully saturated rings. The van der Waals surface area contributed by atoms with Gasteiger partial charge < -0.3 is 14.8 Å². The monoisotopic (exact) mass is 277 g/mol. The molecule has 1 N–H and O–H groups in total. The van der Waals surface area contributed by atoms with E-state index in [1.165, 1.54) is 12.8 Å². The van der Waals surface area contributed by atoms with Crippen LogP contribution in [0, 0.1) is 6.92 Å². The van der Waals surface area contributed by atoms with Crippen molar-refractivity contribution in [2.24, 2.45) is 0 Å². The van der Waals surface area contributed by atoms with Crippen LogP contribution in [0.4, 0.5) is 5.69 Å². The molecule has 1 aliphatic carbocycles. The fraction of sp³-hybridized carbons (Fsp3) is 0.562. The zero-order valence-electron chi connectivity index (χ0n) is 12.3. The van der Waals surface area contributed by atoms with Gasteiger partial charge in [-0.3, -0.25) is 4.79 Å². The van der Waals surface area contributed by atoms with Crippen LogP contribution in [0.25, 0.3) is 0 Å². The van der Waals surface area contributed by atoms with Gasteiger partial charge in [-0.2, -0.15) is 0 Å². The summed E-state index contributed by atoms with van der Waals surface area (Å²) in [5.74, 6) is 0.735. The first-order valence-corrected chi connectivity index (χ1v) is 7.34. The number of ether oxygens (including phenoxy) is 2. The lowest BCUT2D eigenvalue weighted by Gasteiger charge is -2.17. The number of hydrogen-bond acceptors (Lipinski definition) is 3. The summed E-state index contributed by atoms with van der Waals surface area (Å²) < 4.78 is 11.1. The van der Waals surface area contributed by atoms with Crippen molar-refractivity contribution in [3.8, 4) is 5.75 Å². The zero-order chi connectivity index (χ0) is 14.4. The van der Waals surface area contributed by atoms with Crippen LogP contribution < -0.4 is 10.1 Å². The molecular formula is C16H23NO3. The summed E-state index contributed by atoms with van der Waals surface area (Å²) in [5, 5.41) is 2.87. The third-order valence-electron chi connectivity index (χ3n) is 3.59. The SMILES string of the molecule is CCOCC(=O)Nc1cccc(OC2CCCC2)c1C. The van der Waals surface area contributed by atoms with Crippen molar-refractivity contribution in [2.45, 2.75) is 45.6 Å². The van der Waals surface area contributed by atoms with Crippen LogP contribution in [-0.4, -0.2) is 25.2 Å². The molecule has 1 amide bonds. The van der Waals surface area contributed by atoms with E-state index in [2.05, 4.69) is 5.32 Å². The predicted octanol–water partition coefficient (Wildman–Crippen LogP) is 3.29. The second-order valence-electron chi connectivity index (χ2n) is 5.14. The van der Waals surface area contributed by atoms with Crippen molar-refractivity contribution >= 4 is 11.6 Å². The van der Waals surface area contributed by atoms with E-state index in [4.69, 9.17) is 9.47 Å². The molecule has 1 aromatic carbocycles. The van der Waals surface area contributed by atoms with Gasteiger partial charge in [-0.25, -0.2) is 0 Å². The topological polar surface area (TPSA) is 47.6 Å². The van der Waals surface area contributed by atoms with Crippen molar-refractivity contribution in [2.75, 3.05) is 18.5 Å². The fourth-order valence-electron chi connectivity index (χ4n) is 2.44. The molecule has 2 rings (SSSR count). The van der Waals surface area contributed by atoms with Crippen molar-refractivity contribution in [1.82, 2.24) is 0 Å². The Labute approximate surface area is 120 Å². The third-order valence-corrected chi connectivity index (χ3v) is 3.59. The summed E-state index contributed by atoms with van der Waals surface area (Å²) in [7, 11) is 0. The van der Waals surface area contributed by atoms with E-state index in [9.17, 15) is 4.79 Å². The van der Waals surface area contributed by atoms with Crippen LogP contribution in [-0.2, 0) is 9.53 Å². The van der Waals surface area contributed by atoms with Crippen molar-refractivity contribution in [3.05, 3.63) is 23.8 Å². The van der Waals surface area contributed by atoms with Gasteiger partial charge in [-0.1, -0.05) is 6.07 Å². The molecule has 4 nitrogen and oxygen atoms in total. The van der Waals surface area contributed by atoms with E-state index in [1.54, 1.807) is 0 Å². The molecule has 0 atom stereocenters. The lowest BCUT2D eigenvalue weighted by Crippen LogP contribution is -2.19. The number of amides is 1. The van der Waals surface area contributed by atoms with Gasteiger partial charge in [0.1, 0.15) is 12.4 Å². The Bertz CT molecular complexity index is 453. The molecular weight excluding hydrogens is 254 g/mol. The number of carbonyl (C=O) groups excluding carboxylic acids is 1. The molecule has 0 aromatic heterocycles. The molecule has 1 saturated carbocycles. The minimum atomic E-state index is -0.132. The molecule has 0 radical (unpaired) electrons. The van der Waals surface area contributed by atoms with Crippen LogP contribution >= 0.6 is 0 Å². The number of nitrogens with one attached hydrogen (secondary N) is 1. The summed E-state index contributed by atoms with van der Waals surface area (Å²) in [6.45, 7) is 4.47. The maximum Gasteiger partial charge on any atom is 0.250 e. The first kappa shape index (κ1) is 14.9. The number of benzene rings is 1. The molecule has 0 bridgehead atoms. The fourth-order valence-corrected chi connectivity index (χ4v) is 2.44. The second kappa shape index (κ2) is 7.29. The van der Waals surface area contributed by atoms with E-state index in [-0.39, 0.29) is 12.5 Å². The van der Waals surface area contributed by atoms with Gasteiger partial charge in [-0.15, -0.1) is 0 Å². The average molecular weight is 277 g/mol. The van der Waals surface area contributed by atoms with Gasteiger partial charge in [0.25, 0.3) is 0 Å². The molecule has 1 aliphatic rings. The minimum absolute atomic E-state index is 0.0870. The number of rotatable bonds is 6. The highest BCUT2D eigenvalue weighted by molar-refractivity contribution is 5.92. The largest absolute Gasteiger partial charge is 0.490 e. The summed E-state index contributed by atoms with van der Waals surface area (Å²) in [6.07, 6.45) is 5.06. The summed E-state index contributed by atoms with van der Waals surface area (Å²) in [5.41, 5.74) is 1.77. The third kappa shape index (κ3) is 3.97. The lowest BCUT2D eigenvalue weighted by molar-refractivity contribution is -0.120. The Kier molecular flexibility index (Phi) is 5.41. The molecule has 4 heteroatoms. The lowest BCUT2D eigenvalue weighted by atomic mass is 10.1. The Hall–Kier alpha value is -1.55. The highest BCUT2D eigenvalue weighted by Crippen LogP contribution is 2.30. The Morgan fingerprint density at radius 2 is 2.10 bits per heavy atom. The molecule has 110 valence electrons. The van der Waals surface area contributed by atoms with Crippen molar-refractivity contribution in [3.63, 3.8) is 0 Å². The summed E-state index contributed by atoms with van der Waals surface area (Å²) in [6, 6.07) is 5.76. The standard InChI is InChI=1S/C16H23NO3/c1-3-19-11-16(18)17-14-9-6-10-15(12(14)2)20-13-7-4-5-8-13/h6,9-10,13H,3-5,7-8,11H2,1-2H3,(H,17,18). The number of hydrogen-bond donors (Lipinski definition) is 1. The maximum absolute atomic E-state index is 11.7. The maximum atomic E-state index is 11.7. The zero-order valence-corrected chi connectivity index (χ0v) is 12.3. The molecule has 0 heterocycles. The Morgan fingerprint density at radius 3 is 2.80 bits per heavy atom. The van der Waals surface area contributed by atoms with Gasteiger partial charge in [0, 0.05) is 17.9 Å². The van der Waals surface area contributed by atoms with Gasteiger partial charge in [-0.05, 0) is 51.7 Å². The smallest absolute Gasteiger partial charge is 0.250 e. The van der Waals surface area contributed by atoms with Gasteiger partial charge in [0.2, 0.25) is 5.91 Å². The van der Waals surface area contributed by atoms with Crippen LogP contribution in [0.1, 0.15) is 38.2 Å². The van der Waals surface area contributed by atoms with E-state index in [1.807, 2.05) is 32.0 Å². The van der Waals surface area contributed by atoms with Crippen LogP contribution in [0.15, 0.2) is 18.2 Å². The molecule has 0 saturated heterocycles. The van der Waals surface area contributed by atoms with E-state index in [0.29, 0.717) is 12.7 Å². The molecule has 0 aliphatic heterocycles. The van der Waals surface area contributed by atoms with E-state index in [0.717, 1.165) is 29.8 Å². The van der Waals surface area contributed by atoms with Crippen molar-refractivity contribution < 1.29 is 14.3 Å². The molecule has 20 heavy (non-hydrogen) atoms. The predicted molar refractivity (Wildman–Crippen MR) is 79.2 cm³/mol. The van der Waals surface area contributed by atoms with Gasteiger partial charge in [0.05, 0.1) is 6.10 Å². The van der Waals surface area contributed by atoms with E-state index < -0.39 is 0 Å². The normalized spacial score (nSPS) is 15.3. The Morgan fingerprint density at radius 1 is 1.35 bits per heavy atom. The summed E-state index contributed by atoms with van der Waals surface area (Å²) >= 11 is 0. The summed E-state index contributed by atoms with van der Waals surface area (Å²) in [4.78, 5) is 11.7. The average Bonchev–Trinajstić information content (AvgIpc) is 2.94. The minimum Gasteiger partial charge on any atom is -0.490 e. The van der Waals surface area contributed by atoms with E-state index >= 15 is 0 Å². The molecule has 0 spiro atoms. The van der Waals surface area contributed by atoms with Crippen LogP contribution in [0.3, 0.4) is 0 Å². The number of anilines is 1. The molecule has 0 unspecified atom stereocenters. The van der Waals surface area contributed by atoms with Crippen molar-refractivity contribution in [1.29, 1.82) is 0 Å². The highest BCUT2D eigenvalue weighted by Gasteiger charge is 2.18. The second-order valence-corrected chi connectivity index (χ2v) is 5.14. The van der Waals surface area contributed by atoms with Gasteiger partial charge >= 0.3 is 0 Å². The first-order valence-electron chi connectivity index (χ1n) is 7.34. The quantitative estimate of drug-likeness (QED) is 0.868.